The third kappa shape index (κ3) is 4.53. The van der Waals surface area contributed by atoms with Crippen molar-refractivity contribution >= 4 is 34.7 Å². The standard InChI is InChI=1S/C28H26N2O6/c1-16-14-19(8-13-23(16)36-4)26(32)24-25(18-6-5-7-22(15-18)35-3)30(28(34)27(24)33)21-11-9-20(10-12-21)29-17(2)31/h5-15,25,32H,1-4H3,(H,29,31)/b26-24-. The van der Waals surface area contributed by atoms with Gasteiger partial charge in [0.1, 0.15) is 17.3 Å². The van der Waals surface area contributed by atoms with Gasteiger partial charge in [-0.15, -0.1) is 0 Å². The third-order valence-electron chi connectivity index (χ3n) is 5.99. The maximum absolute atomic E-state index is 13.3. The highest BCUT2D eigenvalue weighted by molar-refractivity contribution is 6.51. The Balaban J connectivity index is 1.89. The summed E-state index contributed by atoms with van der Waals surface area (Å²) in [7, 11) is 3.07. The fourth-order valence-corrected chi connectivity index (χ4v) is 4.32. The van der Waals surface area contributed by atoms with Crippen molar-refractivity contribution in [2.45, 2.75) is 19.9 Å². The summed E-state index contributed by atoms with van der Waals surface area (Å²) in [6.07, 6.45) is 0. The lowest BCUT2D eigenvalue weighted by Crippen LogP contribution is -2.29. The lowest BCUT2D eigenvalue weighted by atomic mass is 9.94. The SMILES string of the molecule is COc1cccc(C2/C(=C(/O)c3ccc(OC)c(C)c3)C(=O)C(=O)N2c2ccc(NC(C)=O)cc2)c1. The smallest absolute Gasteiger partial charge is 0.300 e. The number of hydrogen-bond acceptors (Lipinski definition) is 6. The zero-order chi connectivity index (χ0) is 26.0. The molecule has 0 aromatic heterocycles. The molecule has 1 unspecified atom stereocenters. The molecule has 0 radical (unpaired) electrons. The van der Waals surface area contributed by atoms with E-state index in [9.17, 15) is 19.5 Å². The van der Waals surface area contributed by atoms with Gasteiger partial charge in [0.05, 0.1) is 25.8 Å². The molecule has 1 saturated heterocycles. The van der Waals surface area contributed by atoms with Crippen molar-refractivity contribution in [2.75, 3.05) is 24.4 Å². The van der Waals surface area contributed by atoms with E-state index in [2.05, 4.69) is 5.32 Å². The predicted molar refractivity (Wildman–Crippen MR) is 136 cm³/mol. The van der Waals surface area contributed by atoms with Crippen LogP contribution < -0.4 is 19.7 Å². The first-order valence-electron chi connectivity index (χ1n) is 11.2. The third-order valence-corrected chi connectivity index (χ3v) is 5.99. The van der Waals surface area contributed by atoms with E-state index in [1.54, 1.807) is 73.8 Å². The van der Waals surface area contributed by atoms with Gasteiger partial charge in [0.2, 0.25) is 5.91 Å². The van der Waals surface area contributed by atoms with Gasteiger partial charge in [-0.3, -0.25) is 19.3 Å². The molecule has 8 nitrogen and oxygen atoms in total. The summed E-state index contributed by atoms with van der Waals surface area (Å²) in [6.45, 7) is 3.22. The number of nitrogens with zero attached hydrogens (tertiary/aromatic N) is 1. The molecular formula is C28H26N2O6. The maximum atomic E-state index is 13.3. The Bertz CT molecular complexity index is 1380. The van der Waals surface area contributed by atoms with Gasteiger partial charge < -0.3 is 19.9 Å². The molecule has 1 aliphatic rings. The Labute approximate surface area is 208 Å². The van der Waals surface area contributed by atoms with Gasteiger partial charge in [-0.05, 0) is 72.6 Å². The number of methoxy groups -OCH3 is 2. The monoisotopic (exact) mass is 486 g/mol. The number of carbonyl (C=O) groups excluding carboxylic acids is 3. The summed E-state index contributed by atoms with van der Waals surface area (Å²) in [4.78, 5) is 39.4. The second-order valence-electron chi connectivity index (χ2n) is 8.36. The summed E-state index contributed by atoms with van der Waals surface area (Å²) in [6, 6.07) is 17.7. The summed E-state index contributed by atoms with van der Waals surface area (Å²) in [5.41, 5.74) is 2.69. The van der Waals surface area contributed by atoms with Crippen molar-refractivity contribution in [1.29, 1.82) is 0 Å². The molecule has 0 bridgehead atoms. The minimum Gasteiger partial charge on any atom is -0.507 e. The Morgan fingerprint density at radius 2 is 1.69 bits per heavy atom. The van der Waals surface area contributed by atoms with Crippen LogP contribution in [-0.4, -0.2) is 36.9 Å². The lowest BCUT2D eigenvalue weighted by molar-refractivity contribution is -0.132. The summed E-state index contributed by atoms with van der Waals surface area (Å²) in [5.74, 6) is -0.921. The van der Waals surface area contributed by atoms with E-state index < -0.39 is 17.7 Å². The van der Waals surface area contributed by atoms with Crippen molar-refractivity contribution in [2.24, 2.45) is 0 Å². The van der Waals surface area contributed by atoms with E-state index in [1.807, 2.05) is 6.92 Å². The number of aliphatic hydroxyl groups is 1. The van der Waals surface area contributed by atoms with Gasteiger partial charge in [-0.25, -0.2) is 0 Å². The Morgan fingerprint density at radius 3 is 2.31 bits per heavy atom. The van der Waals surface area contributed by atoms with Gasteiger partial charge in [0, 0.05) is 23.9 Å². The number of amides is 2. The number of hydrogen-bond donors (Lipinski definition) is 2. The second kappa shape index (κ2) is 9.95. The highest BCUT2D eigenvalue weighted by Crippen LogP contribution is 2.43. The molecule has 1 atom stereocenters. The lowest BCUT2D eigenvalue weighted by Gasteiger charge is -2.26. The zero-order valence-corrected chi connectivity index (χ0v) is 20.4. The molecule has 0 spiro atoms. The fraction of sp³-hybridized carbons (Fsp3) is 0.179. The number of aryl methyl sites for hydroxylation is 1. The molecule has 3 aromatic rings. The first kappa shape index (κ1) is 24.5. The Kier molecular flexibility index (Phi) is 6.78. The van der Waals surface area contributed by atoms with E-state index in [-0.39, 0.29) is 17.2 Å². The summed E-state index contributed by atoms with van der Waals surface area (Å²) in [5, 5.41) is 14.0. The normalized spacial score (nSPS) is 16.7. The Morgan fingerprint density at radius 1 is 0.972 bits per heavy atom. The molecule has 4 rings (SSSR count). The van der Waals surface area contributed by atoms with Crippen molar-refractivity contribution in [3.05, 3.63) is 89.0 Å². The van der Waals surface area contributed by atoms with Crippen LogP contribution in [0, 0.1) is 6.92 Å². The molecule has 36 heavy (non-hydrogen) atoms. The quantitative estimate of drug-likeness (QED) is 0.300. The van der Waals surface area contributed by atoms with Crippen LogP contribution in [0.25, 0.3) is 5.76 Å². The number of nitrogens with one attached hydrogen (secondary N) is 1. The van der Waals surface area contributed by atoms with Crippen molar-refractivity contribution < 1.29 is 29.0 Å². The Hall–Kier alpha value is -4.59. The van der Waals surface area contributed by atoms with Gasteiger partial charge in [0.15, 0.2) is 0 Å². The predicted octanol–water partition coefficient (Wildman–Crippen LogP) is 4.60. The minimum absolute atomic E-state index is 0.0382. The molecule has 8 heteroatoms. The molecule has 184 valence electrons. The van der Waals surface area contributed by atoms with Crippen LogP contribution in [0.3, 0.4) is 0 Å². The number of aliphatic hydroxyl groups excluding tert-OH is 1. The number of Topliss-reactive ketones (excluding diaryl/α,β-unsaturated/α-hetero) is 1. The molecule has 1 fully saturated rings. The van der Waals surface area contributed by atoms with Crippen molar-refractivity contribution in [1.82, 2.24) is 0 Å². The van der Waals surface area contributed by atoms with Gasteiger partial charge >= 0.3 is 0 Å². The molecule has 0 saturated carbocycles. The van der Waals surface area contributed by atoms with E-state index in [1.165, 1.54) is 18.9 Å². The largest absolute Gasteiger partial charge is 0.507 e. The first-order valence-corrected chi connectivity index (χ1v) is 11.2. The number of anilines is 2. The van der Waals surface area contributed by atoms with E-state index in [0.29, 0.717) is 34.0 Å². The molecule has 1 aliphatic heterocycles. The average Bonchev–Trinajstić information content (AvgIpc) is 3.14. The van der Waals surface area contributed by atoms with Crippen LogP contribution in [0.4, 0.5) is 11.4 Å². The van der Waals surface area contributed by atoms with Crippen LogP contribution >= 0.6 is 0 Å². The number of ether oxygens (including phenoxy) is 2. The molecule has 1 heterocycles. The van der Waals surface area contributed by atoms with Crippen molar-refractivity contribution in [3.63, 3.8) is 0 Å². The van der Waals surface area contributed by atoms with Crippen molar-refractivity contribution in [3.8, 4) is 11.5 Å². The maximum Gasteiger partial charge on any atom is 0.300 e. The number of carbonyl (C=O) groups is 3. The zero-order valence-electron chi connectivity index (χ0n) is 20.4. The van der Waals surface area contributed by atoms with Gasteiger partial charge in [-0.2, -0.15) is 0 Å². The second-order valence-corrected chi connectivity index (χ2v) is 8.36. The number of rotatable bonds is 6. The minimum atomic E-state index is -0.908. The van der Waals surface area contributed by atoms with Crippen LogP contribution in [-0.2, 0) is 14.4 Å². The summed E-state index contributed by atoms with van der Waals surface area (Å²) >= 11 is 0. The highest BCUT2D eigenvalue weighted by Gasteiger charge is 2.47. The van der Waals surface area contributed by atoms with Crippen LogP contribution in [0.15, 0.2) is 72.3 Å². The number of benzene rings is 3. The van der Waals surface area contributed by atoms with Crippen LogP contribution in [0.5, 0.6) is 11.5 Å². The molecule has 2 N–H and O–H groups in total. The fourth-order valence-electron chi connectivity index (χ4n) is 4.32. The van der Waals surface area contributed by atoms with E-state index in [4.69, 9.17) is 9.47 Å². The summed E-state index contributed by atoms with van der Waals surface area (Å²) < 4.78 is 10.7. The molecule has 3 aromatic carbocycles. The highest BCUT2D eigenvalue weighted by atomic mass is 16.5. The molecule has 2 amide bonds. The van der Waals surface area contributed by atoms with E-state index in [0.717, 1.165) is 5.56 Å². The topological polar surface area (TPSA) is 105 Å². The van der Waals surface area contributed by atoms with Crippen LogP contribution in [0.1, 0.15) is 29.7 Å². The van der Waals surface area contributed by atoms with Gasteiger partial charge in [0.25, 0.3) is 11.7 Å². The average molecular weight is 487 g/mol. The van der Waals surface area contributed by atoms with Crippen LogP contribution in [0.2, 0.25) is 0 Å². The van der Waals surface area contributed by atoms with E-state index >= 15 is 0 Å². The first-order chi connectivity index (χ1) is 17.2. The molecular weight excluding hydrogens is 460 g/mol. The van der Waals surface area contributed by atoms with Gasteiger partial charge in [-0.1, -0.05) is 12.1 Å². The molecule has 0 aliphatic carbocycles. The number of ketones is 1.